The van der Waals surface area contributed by atoms with Gasteiger partial charge in [-0.1, -0.05) is 30.3 Å². The largest absolute Gasteiger partial charge is 0.508 e. The van der Waals surface area contributed by atoms with Crippen molar-refractivity contribution in [3.63, 3.8) is 0 Å². The van der Waals surface area contributed by atoms with Crippen LogP contribution in [0.2, 0.25) is 0 Å². The fraction of sp³-hybridized carbons (Fsp3) is 0.154. The summed E-state index contributed by atoms with van der Waals surface area (Å²) in [7, 11) is 0. The first-order chi connectivity index (χ1) is 7.74. The molecule has 0 radical (unpaired) electrons. The Balaban J connectivity index is 0.00000144. The lowest BCUT2D eigenvalue weighted by Gasteiger charge is -2.13. The van der Waals surface area contributed by atoms with E-state index in [4.69, 9.17) is 11.0 Å². The summed E-state index contributed by atoms with van der Waals surface area (Å²) in [6.45, 7) is 0. The third-order valence-electron chi connectivity index (χ3n) is 2.63. The third kappa shape index (κ3) is 2.50. The molecule has 2 aromatic carbocycles. The number of aromatic hydroxyl groups is 1. The first-order valence-corrected chi connectivity index (χ1v) is 5.07. The summed E-state index contributed by atoms with van der Waals surface area (Å²) in [5.74, 6) is 0.154. The second-order valence-electron chi connectivity index (χ2n) is 3.69. The number of halogens is 1. The molecule has 4 heteroatoms. The number of hydrogen-bond donors (Lipinski definition) is 2. The number of rotatable bonds is 2. The van der Waals surface area contributed by atoms with E-state index in [2.05, 4.69) is 0 Å². The van der Waals surface area contributed by atoms with Crippen LogP contribution < -0.4 is 5.73 Å². The summed E-state index contributed by atoms with van der Waals surface area (Å²) in [4.78, 5) is 0. The Hall–Kier alpha value is -1.76. The van der Waals surface area contributed by atoms with E-state index in [9.17, 15) is 5.11 Å². The molecule has 3 N–H and O–H groups in total. The van der Waals surface area contributed by atoms with Crippen LogP contribution in [0.5, 0.6) is 5.75 Å². The zero-order chi connectivity index (χ0) is 11.5. The van der Waals surface area contributed by atoms with Gasteiger partial charge in [-0.05, 0) is 16.8 Å². The predicted octanol–water partition coefficient (Wildman–Crippen LogP) is 2.88. The fourth-order valence-corrected chi connectivity index (χ4v) is 1.87. The quantitative estimate of drug-likeness (QED) is 0.859. The smallest absolute Gasteiger partial charge is 0.121 e. The second-order valence-corrected chi connectivity index (χ2v) is 3.69. The maximum Gasteiger partial charge on any atom is 0.121 e. The highest BCUT2D eigenvalue weighted by Crippen LogP contribution is 2.32. The van der Waals surface area contributed by atoms with E-state index in [1.807, 2.05) is 36.4 Å². The summed E-state index contributed by atoms with van der Waals surface area (Å²) in [6.07, 6.45) is 0.196. The molecule has 0 saturated heterocycles. The molecule has 2 rings (SSSR count). The monoisotopic (exact) mass is 248 g/mol. The molecule has 1 atom stereocenters. The van der Waals surface area contributed by atoms with Crippen LogP contribution in [0.25, 0.3) is 10.8 Å². The number of fused-ring (bicyclic) bond motifs is 1. The van der Waals surface area contributed by atoms with Crippen LogP contribution >= 0.6 is 12.4 Å². The van der Waals surface area contributed by atoms with Gasteiger partial charge in [0, 0.05) is 11.6 Å². The van der Waals surface area contributed by atoms with Crippen LogP contribution in [-0.4, -0.2) is 5.11 Å². The molecule has 0 aliphatic carbocycles. The molecule has 2 aromatic rings. The molecule has 0 bridgehead atoms. The van der Waals surface area contributed by atoms with Gasteiger partial charge in [-0.15, -0.1) is 12.4 Å². The Morgan fingerprint density at radius 2 is 1.94 bits per heavy atom. The van der Waals surface area contributed by atoms with Crippen molar-refractivity contribution in [2.24, 2.45) is 5.73 Å². The Labute approximate surface area is 106 Å². The first-order valence-electron chi connectivity index (χ1n) is 5.07. The topological polar surface area (TPSA) is 70.0 Å². The first kappa shape index (κ1) is 13.3. The van der Waals surface area contributed by atoms with Gasteiger partial charge in [0.2, 0.25) is 0 Å². The van der Waals surface area contributed by atoms with Gasteiger partial charge in [0.15, 0.2) is 0 Å². The average Bonchev–Trinajstić information content (AvgIpc) is 2.29. The number of hydrogen-bond acceptors (Lipinski definition) is 3. The van der Waals surface area contributed by atoms with Crippen molar-refractivity contribution < 1.29 is 5.11 Å². The fourth-order valence-electron chi connectivity index (χ4n) is 1.87. The van der Waals surface area contributed by atoms with Gasteiger partial charge in [0.1, 0.15) is 5.75 Å². The van der Waals surface area contributed by atoms with E-state index in [1.54, 1.807) is 6.07 Å². The molecular formula is C13H13ClN2O. The lowest BCUT2D eigenvalue weighted by Crippen LogP contribution is -2.10. The SMILES string of the molecule is Cl.N#CC[C@H](N)c1c(O)ccc2ccccc12. The number of phenolic OH excluding ortho intramolecular Hbond substituents is 1. The Kier molecular flexibility index (Phi) is 4.33. The van der Waals surface area contributed by atoms with Crippen LogP contribution in [0.1, 0.15) is 18.0 Å². The highest BCUT2D eigenvalue weighted by atomic mass is 35.5. The van der Waals surface area contributed by atoms with Crippen LogP contribution in [0.3, 0.4) is 0 Å². The van der Waals surface area contributed by atoms with Gasteiger partial charge in [0.05, 0.1) is 12.5 Å². The molecule has 0 saturated carbocycles. The van der Waals surface area contributed by atoms with Crippen molar-refractivity contribution in [1.82, 2.24) is 0 Å². The maximum atomic E-state index is 9.82. The van der Waals surface area contributed by atoms with Crippen molar-refractivity contribution in [1.29, 1.82) is 5.26 Å². The molecule has 0 aliphatic heterocycles. The van der Waals surface area contributed by atoms with Crippen LogP contribution in [-0.2, 0) is 0 Å². The Bertz CT molecular complexity index is 563. The molecule has 0 amide bonds. The summed E-state index contributed by atoms with van der Waals surface area (Å²) in [5, 5.41) is 20.4. The van der Waals surface area contributed by atoms with E-state index < -0.39 is 6.04 Å². The zero-order valence-corrected chi connectivity index (χ0v) is 9.95. The molecule has 3 nitrogen and oxygen atoms in total. The molecule has 0 fully saturated rings. The molecule has 88 valence electrons. The maximum absolute atomic E-state index is 9.82. The van der Waals surface area contributed by atoms with Gasteiger partial charge < -0.3 is 10.8 Å². The van der Waals surface area contributed by atoms with Gasteiger partial charge in [-0.25, -0.2) is 0 Å². The average molecular weight is 249 g/mol. The van der Waals surface area contributed by atoms with Crippen molar-refractivity contribution in [3.05, 3.63) is 42.0 Å². The third-order valence-corrected chi connectivity index (χ3v) is 2.63. The summed E-state index contributed by atoms with van der Waals surface area (Å²) < 4.78 is 0. The van der Waals surface area contributed by atoms with E-state index >= 15 is 0 Å². The number of nitrogens with two attached hydrogens (primary N) is 1. The lowest BCUT2D eigenvalue weighted by molar-refractivity contribution is 0.463. The number of benzene rings is 2. The van der Waals surface area contributed by atoms with Crippen molar-refractivity contribution in [3.8, 4) is 11.8 Å². The van der Waals surface area contributed by atoms with Crippen molar-refractivity contribution in [2.45, 2.75) is 12.5 Å². The molecule has 0 heterocycles. The molecule has 0 aromatic heterocycles. The summed E-state index contributed by atoms with van der Waals surface area (Å²) in [6, 6.07) is 12.7. The normalized spacial score (nSPS) is 11.5. The second kappa shape index (κ2) is 5.53. The minimum absolute atomic E-state index is 0. The molecule has 0 aliphatic rings. The number of nitriles is 1. The minimum Gasteiger partial charge on any atom is -0.508 e. The van der Waals surface area contributed by atoms with Crippen molar-refractivity contribution in [2.75, 3.05) is 0 Å². The van der Waals surface area contributed by atoms with E-state index in [0.717, 1.165) is 10.8 Å². The number of phenols is 1. The summed E-state index contributed by atoms with van der Waals surface area (Å²) >= 11 is 0. The van der Waals surface area contributed by atoms with E-state index in [-0.39, 0.29) is 24.6 Å². The van der Waals surface area contributed by atoms with Crippen LogP contribution in [0.15, 0.2) is 36.4 Å². The van der Waals surface area contributed by atoms with Gasteiger partial charge in [-0.3, -0.25) is 0 Å². The van der Waals surface area contributed by atoms with Gasteiger partial charge >= 0.3 is 0 Å². The van der Waals surface area contributed by atoms with Gasteiger partial charge in [-0.2, -0.15) is 5.26 Å². The standard InChI is InChI=1S/C13H12N2O.ClH/c14-8-7-11(15)13-10-4-2-1-3-9(10)5-6-12(13)16;/h1-6,11,16H,7,15H2;1H/t11-;/m0./s1. The van der Waals surface area contributed by atoms with Crippen LogP contribution in [0.4, 0.5) is 0 Å². The minimum atomic E-state index is -0.448. The van der Waals surface area contributed by atoms with Crippen molar-refractivity contribution >= 4 is 23.2 Å². The molecule has 0 spiro atoms. The molecular weight excluding hydrogens is 236 g/mol. The molecule has 17 heavy (non-hydrogen) atoms. The Morgan fingerprint density at radius 1 is 1.24 bits per heavy atom. The zero-order valence-electron chi connectivity index (χ0n) is 9.13. The van der Waals surface area contributed by atoms with E-state index in [1.165, 1.54) is 0 Å². The van der Waals surface area contributed by atoms with E-state index in [0.29, 0.717) is 5.56 Å². The predicted molar refractivity (Wildman–Crippen MR) is 70.0 cm³/mol. The highest BCUT2D eigenvalue weighted by Gasteiger charge is 2.13. The lowest BCUT2D eigenvalue weighted by atomic mass is 9.96. The van der Waals surface area contributed by atoms with Crippen LogP contribution in [0, 0.1) is 11.3 Å². The number of nitrogens with zero attached hydrogens (tertiary/aromatic N) is 1. The highest BCUT2D eigenvalue weighted by molar-refractivity contribution is 5.88. The summed E-state index contributed by atoms with van der Waals surface area (Å²) in [5.41, 5.74) is 6.54. The van der Waals surface area contributed by atoms with Gasteiger partial charge in [0.25, 0.3) is 0 Å². The Morgan fingerprint density at radius 3 is 2.65 bits per heavy atom. The molecule has 0 unspecified atom stereocenters.